The molecule has 0 aliphatic carbocycles. The number of carbonyl (C=O) groups excluding carboxylic acids is 3. The van der Waals surface area contributed by atoms with E-state index in [0.717, 1.165) is 31.2 Å². The number of aliphatic hydroxyl groups is 1. The summed E-state index contributed by atoms with van der Waals surface area (Å²) in [6, 6.07) is 7.68. The average Bonchev–Trinajstić information content (AvgIpc) is 3.46. The monoisotopic (exact) mass is 630 g/mol. The molecular formula is C31H42N4O6S2. The highest BCUT2D eigenvalue weighted by molar-refractivity contribution is 7.23. The lowest BCUT2D eigenvalue weighted by atomic mass is 10.0. The molecule has 1 aliphatic heterocycles. The van der Waals surface area contributed by atoms with Gasteiger partial charge in [-0.3, -0.25) is 4.79 Å². The van der Waals surface area contributed by atoms with Crippen LogP contribution in [0.25, 0.3) is 20.8 Å². The fraction of sp³-hybridized carbons (Fsp3) is 0.548. The van der Waals surface area contributed by atoms with E-state index >= 15 is 0 Å². The molecule has 0 bridgehead atoms. The second-order valence-electron chi connectivity index (χ2n) is 12.9. The van der Waals surface area contributed by atoms with Crippen molar-refractivity contribution in [3.8, 4) is 10.6 Å². The van der Waals surface area contributed by atoms with Gasteiger partial charge in [-0.2, -0.15) is 0 Å². The van der Waals surface area contributed by atoms with Gasteiger partial charge in [0.05, 0.1) is 16.8 Å². The van der Waals surface area contributed by atoms with Crippen molar-refractivity contribution in [1.29, 1.82) is 0 Å². The molecule has 10 nitrogen and oxygen atoms in total. The maximum absolute atomic E-state index is 13.3. The molecule has 0 radical (unpaired) electrons. The molecule has 1 aliphatic rings. The molecule has 4 rings (SSSR count). The minimum Gasteiger partial charge on any atom is -0.444 e. The van der Waals surface area contributed by atoms with Gasteiger partial charge in [-0.05, 0) is 79.5 Å². The predicted molar refractivity (Wildman–Crippen MR) is 171 cm³/mol. The van der Waals surface area contributed by atoms with Crippen molar-refractivity contribution in [1.82, 2.24) is 14.8 Å². The summed E-state index contributed by atoms with van der Waals surface area (Å²) in [5.41, 5.74) is 1.45. The zero-order chi connectivity index (χ0) is 31.7. The fourth-order valence-electron chi connectivity index (χ4n) is 4.65. The van der Waals surface area contributed by atoms with E-state index in [1.807, 2.05) is 58.9 Å². The lowest BCUT2D eigenvalue weighted by Gasteiger charge is -2.30. The largest absolute Gasteiger partial charge is 0.444 e. The van der Waals surface area contributed by atoms with Crippen molar-refractivity contribution in [2.24, 2.45) is 0 Å². The Balaban J connectivity index is 1.57. The summed E-state index contributed by atoms with van der Waals surface area (Å²) in [4.78, 5) is 47.8. The number of nitrogens with zero attached hydrogens (tertiary/aromatic N) is 3. The molecule has 1 atom stereocenters. The van der Waals surface area contributed by atoms with Crippen LogP contribution in [-0.2, 0) is 27.2 Å². The van der Waals surface area contributed by atoms with E-state index in [0.29, 0.717) is 24.5 Å². The summed E-state index contributed by atoms with van der Waals surface area (Å²) < 4.78 is 12.1. The molecule has 2 aromatic heterocycles. The number of nitrogens with one attached hydrogen (secondary N) is 1. The van der Waals surface area contributed by atoms with Crippen molar-refractivity contribution in [2.75, 3.05) is 18.4 Å². The molecule has 43 heavy (non-hydrogen) atoms. The summed E-state index contributed by atoms with van der Waals surface area (Å²) in [5, 5.41) is 15.1. The molecule has 3 amide bonds. The lowest BCUT2D eigenvalue weighted by Crippen LogP contribution is -2.43. The third-order valence-corrected chi connectivity index (χ3v) is 8.84. The van der Waals surface area contributed by atoms with Crippen molar-refractivity contribution < 1.29 is 29.0 Å². The second kappa shape index (κ2) is 12.8. The number of rotatable bonds is 7. The van der Waals surface area contributed by atoms with E-state index < -0.39 is 29.3 Å². The molecule has 1 aromatic carbocycles. The highest BCUT2D eigenvalue weighted by Crippen LogP contribution is 2.46. The van der Waals surface area contributed by atoms with Gasteiger partial charge in [-0.15, -0.1) is 22.7 Å². The summed E-state index contributed by atoms with van der Waals surface area (Å²) in [7, 11) is 0. The Hall–Kier alpha value is -3.22. The fourth-order valence-corrected chi connectivity index (χ4v) is 7.02. The highest BCUT2D eigenvalue weighted by Gasteiger charge is 2.32. The first kappa shape index (κ1) is 32.7. The van der Waals surface area contributed by atoms with Gasteiger partial charge in [0.1, 0.15) is 27.3 Å². The van der Waals surface area contributed by atoms with E-state index in [4.69, 9.17) is 14.5 Å². The predicted octanol–water partition coefficient (Wildman–Crippen LogP) is 6.65. The number of thiazole rings is 1. The van der Waals surface area contributed by atoms with Gasteiger partial charge in [0.15, 0.2) is 0 Å². The first-order chi connectivity index (χ1) is 20.0. The number of aliphatic hydroxyl groups excluding tert-OH is 1. The van der Waals surface area contributed by atoms with Gasteiger partial charge < -0.3 is 29.7 Å². The maximum atomic E-state index is 13.3. The van der Waals surface area contributed by atoms with Crippen LogP contribution in [0.3, 0.4) is 0 Å². The van der Waals surface area contributed by atoms with Crippen molar-refractivity contribution >= 4 is 56.0 Å². The summed E-state index contributed by atoms with van der Waals surface area (Å²) >= 11 is 2.92. The van der Waals surface area contributed by atoms with E-state index in [-0.39, 0.29) is 25.1 Å². The molecule has 3 aromatic rings. The van der Waals surface area contributed by atoms with Crippen LogP contribution in [0.5, 0.6) is 0 Å². The number of hydrogen-bond acceptors (Lipinski definition) is 9. The minimum absolute atomic E-state index is 0.0389. The van der Waals surface area contributed by atoms with Crippen LogP contribution in [0.4, 0.5) is 14.6 Å². The molecule has 0 saturated heterocycles. The molecule has 0 fully saturated rings. The Labute approximate surface area is 261 Å². The van der Waals surface area contributed by atoms with Crippen LogP contribution < -0.4 is 5.32 Å². The highest BCUT2D eigenvalue weighted by atomic mass is 32.1. The van der Waals surface area contributed by atoms with Gasteiger partial charge in [0, 0.05) is 36.0 Å². The third kappa shape index (κ3) is 8.24. The van der Waals surface area contributed by atoms with Crippen molar-refractivity contribution in [3.63, 3.8) is 0 Å². The van der Waals surface area contributed by atoms with E-state index in [2.05, 4.69) is 5.32 Å². The van der Waals surface area contributed by atoms with Crippen molar-refractivity contribution in [3.05, 3.63) is 34.7 Å². The zero-order valence-electron chi connectivity index (χ0n) is 26.1. The summed E-state index contributed by atoms with van der Waals surface area (Å²) in [6.45, 7) is 15.6. The average molecular weight is 631 g/mol. The topological polar surface area (TPSA) is 121 Å². The molecule has 2 N–H and O–H groups in total. The Bertz CT molecular complexity index is 1450. The van der Waals surface area contributed by atoms with Gasteiger partial charge in [0.2, 0.25) is 0 Å². The van der Waals surface area contributed by atoms with Crippen LogP contribution in [0.15, 0.2) is 24.3 Å². The van der Waals surface area contributed by atoms with E-state index in [1.54, 1.807) is 25.7 Å². The smallest absolute Gasteiger partial charge is 0.410 e. The lowest BCUT2D eigenvalue weighted by molar-refractivity contribution is -0.124. The Morgan fingerprint density at radius 3 is 2.37 bits per heavy atom. The van der Waals surface area contributed by atoms with E-state index in [1.165, 1.54) is 27.6 Å². The molecular weight excluding hydrogens is 588 g/mol. The van der Waals surface area contributed by atoms with Gasteiger partial charge in [-0.1, -0.05) is 12.1 Å². The number of para-hydroxylation sites is 1. The van der Waals surface area contributed by atoms with Crippen molar-refractivity contribution in [2.45, 2.75) is 98.1 Å². The standard InChI is InChI=1S/C31H42N4O6S2/c1-18(2)35(29(39)41-31(6,7)8)16-14-21(36)25(37)33-27-24(26-32-20-11-9-10-12-22(20)42-26)19-13-15-34(17-23(19)43-27)28(38)40-30(3,4)5/h9-12,18,21,36H,13-17H2,1-8H3,(H,33,37). The van der Waals surface area contributed by atoms with Gasteiger partial charge in [0.25, 0.3) is 5.91 Å². The maximum Gasteiger partial charge on any atom is 0.410 e. The Morgan fingerprint density at radius 1 is 1.07 bits per heavy atom. The molecule has 1 unspecified atom stereocenters. The number of hydrogen-bond donors (Lipinski definition) is 2. The molecule has 12 heteroatoms. The third-order valence-electron chi connectivity index (χ3n) is 6.65. The summed E-state index contributed by atoms with van der Waals surface area (Å²) in [6.07, 6.45) is -1.61. The number of fused-ring (bicyclic) bond motifs is 2. The SMILES string of the molecule is CC(C)N(CCC(O)C(=O)Nc1sc2c(c1-c1nc3ccccc3s1)CCN(C(=O)OC(C)(C)C)C2)C(=O)OC(C)(C)C. The summed E-state index contributed by atoms with van der Waals surface area (Å²) in [5.74, 6) is -0.571. The van der Waals surface area contributed by atoms with Crippen LogP contribution in [-0.4, -0.2) is 74.4 Å². The first-order valence-corrected chi connectivity index (χ1v) is 16.1. The number of carbonyl (C=O) groups is 3. The molecule has 0 saturated carbocycles. The minimum atomic E-state index is -1.36. The molecule has 234 valence electrons. The van der Waals surface area contributed by atoms with Crippen LogP contribution >= 0.6 is 22.7 Å². The number of aromatic nitrogens is 1. The number of ether oxygens (including phenoxy) is 2. The van der Waals surface area contributed by atoms with E-state index in [9.17, 15) is 19.5 Å². The van der Waals surface area contributed by atoms with Crippen LogP contribution in [0, 0.1) is 0 Å². The quantitative estimate of drug-likeness (QED) is 0.300. The first-order valence-electron chi connectivity index (χ1n) is 14.5. The second-order valence-corrected chi connectivity index (χ2v) is 15.0. The molecule has 0 spiro atoms. The van der Waals surface area contributed by atoms with Gasteiger partial charge >= 0.3 is 12.2 Å². The number of thiophene rings is 1. The van der Waals surface area contributed by atoms with Gasteiger partial charge in [-0.25, -0.2) is 14.6 Å². The Morgan fingerprint density at radius 2 is 1.74 bits per heavy atom. The zero-order valence-corrected chi connectivity index (χ0v) is 27.8. The Kier molecular flexibility index (Phi) is 9.72. The molecule has 3 heterocycles. The number of benzene rings is 1. The van der Waals surface area contributed by atoms with Crippen LogP contribution in [0.2, 0.25) is 0 Å². The normalized spacial score (nSPS) is 14.4. The number of anilines is 1. The van der Waals surface area contributed by atoms with Crippen LogP contribution in [0.1, 0.15) is 72.3 Å². The number of amides is 3.